The highest BCUT2D eigenvalue weighted by atomic mass is 14.9. The summed E-state index contributed by atoms with van der Waals surface area (Å²) in [7, 11) is 0. The minimum absolute atomic E-state index is 0.428. The molecule has 0 aromatic heterocycles. The summed E-state index contributed by atoms with van der Waals surface area (Å²) in [4.78, 5) is 0. The fourth-order valence-corrected chi connectivity index (χ4v) is 4.01. The summed E-state index contributed by atoms with van der Waals surface area (Å²) in [5.74, 6) is 1.71. The van der Waals surface area contributed by atoms with Crippen LogP contribution in [0.4, 0.5) is 0 Å². The molecule has 1 aliphatic rings. The van der Waals surface area contributed by atoms with Crippen LogP contribution in [-0.4, -0.2) is 6.04 Å². The van der Waals surface area contributed by atoms with Crippen LogP contribution in [0.3, 0.4) is 0 Å². The fraction of sp³-hybridized carbons (Fsp3) is 0.500. The highest BCUT2D eigenvalue weighted by Crippen LogP contribution is 2.30. The molecule has 1 saturated carbocycles. The van der Waals surface area contributed by atoms with E-state index in [1.54, 1.807) is 0 Å². The van der Waals surface area contributed by atoms with Crippen LogP contribution < -0.4 is 5.32 Å². The van der Waals surface area contributed by atoms with E-state index in [0.29, 0.717) is 12.1 Å². The van der Waals surface area contributed by atoms with Crippen molar-refractivity contribution < 1.29 is 0 Å². The molecule has 2 aromatic rings. The molecule has 112 valence electrons. The molecule has 0 spiro atoms. The van der Waals surface area contributed by atoms with Crippen molar-refractivity contribution in [2.45, 2.75) is 52.1 Å². The van der Waals surface area contributed by atoms with E-state index in [1.807, 2.05) is 0 Å². The molecule has 1 N–H and O–H groups in total. The summed E-state index contributed by atoms with van der Waals surface area (Å²) in [5, 5.41) is 6.53. The second-order valence-electron chi connectivity index (χ2n) is 7.11. The summed E-state index contributed by atoms with van der Waals surface area (Å²) in [6.45, 7) is 7.09. The number of hydrogen-bond acceptors (Lipinski definition) is 1. The van der Waals surface area contributed by atoms with Crippen molar-refractivity contribution in [1.82, 2.24) is 5.32 Å². The molecule has 0 bridgehead atoms. The molecule has 1 aliphatic carbocycles. The van der Waals surface area contributed by atoms with Crippen LogP contribution in [-0.2, 0) is 0 Å². The summed E-state index contributed by atoms with van der Waals surface area (Å²) in [5.41, 5.74) is 1.40. The Balaban J connectivity index is 1.72. The highest BCUT2D eigenvalue weighted by Gasteiger charge is 2.24. The van der Waals surface area contributed by atoms with Crippen molar-refractivity contribution in [1.29, 1.82) is 0 Å². The van der Waals surface area contributed by atoms with E-state index < -0.39 is 0 Å². The van der Waals surface area contributed by atoms with E-state index in [9.17, 15) is 0 Å². The number of nitrogens with one attached hydrogen (secondary N) is 1. The predicted octanol–water partition coefficient (Wildman–Crippen LogP) is 5.32. The summed E-state index contributed by atoms with van der Waals surface area (Å²) >= 11 is 0. The third-order valence-electron chi connectivity index (χ3n) is 4.94. The minimum Gasteiger partial charge on any atom is -0.307 e. The van der Waals surface area contributed by atoms with Gasteiger partial charge in [0.05, 0.1) is 0 Å². The third kappa shape index (κ3) is 3.47. The van der Waals surface area contributed by atoms with Crippen molar-refractivity contribution in [2.24, 2.45) is 11.8 Å². The van der Waals surface area contributed by atoms with Crippen LogP contribution in [0.2, 0.25) is 0 Å². The van der Waals surface area contributed by atoms with Gasteiger partial charge >= 0.3 is 0 Å². The van der Waals surface area contributed by atoms with Gasteiger partial charge in [0.2, 0.25) is 0 Å². The number of rotatable bonds is 3. The van der Waals surface area contributed by atoms with Gasteiger partial charge in [0.15, 0.2) is 0 Å². The molecule has 2 aromatic carbocycles. The van der Waals surface area contributed by atoms with Crippen LogP contribution in [0.15, 0.2) is 42.5 Å². The van der Waals surface area contributed by atoms with Crippen molar-refractivity contribution in [2.75, 3.05) is 0 Å². The van der Waals surface area contributed by atoms with E-state index in [0.717, 1.165) is 11.8 Å². The van der Waals surface area contributed by atoms with E-state index in [4.69, 9.17) is 0 Å². The monoisotopic (exact) mass is 281 g/mol. The SMILES string of the molecule is CC1CC(C)CC(NC(C)c2ccc3ccccc3c2)C1. The first-order chi connectivity index (χ1) is 10.1. The fourth-order valence-electron chi connectivity index (χ4n) is 4.01. The van der Waals surface area contributed by atoms with E-state index in [1.165, 1.54) is 35.6 Å². The van der Waals surface area contributed by atoms with Gasteiger partial charge in [0, 0.05) is 12.1 Å². The Morgan fingerprint density at radius 2 is 1.57 bits per heavy atom. The predicted molar refractivity (Wildman–Crippen MR) is 91.5 cm³/mol. The maximum Gasteiger partial charge on any atom is 0.0294 e. The summed E-state index contributed by atoms with van der Waals surface area (Å²) in [6, 6.07) is 16.6. The van der Waals surface area contributed by atoms with Gasteiger partial charge in [0.25, 0.3) is 0 Å². The molecule has 3 atom stereocenters. The quantitative estimate of drug-likeness (QED) is 0.803. The molecule has 0 radical (unpaired) electrons. The van der Waals surface area contributed by atoms with Crippen molar-refractivity contribution in [3.05, 3.63) is 48.0 Å². The lowest BCUT2D eigenvalue weighted by Crippen LogP contribution is -2.37. The Hall–Kier alpha value is -1.34. The molecule has 0 heterocycles. The molecule has 3 rings (SSSR count). The van der Waals surface area contributed by atoms with E-state index >= 15 is 0 Å². The Morgan fingerprint density at radius 3 is 2.29 bits per heavy atom. The first-order valence-electron chi connectivity index (χ1n) is 8.36. The number of fused-ring (bicyclic) bond motifs is 1. The maximum absolute atomic E-state index is 3.86. The number of hydrogen-bond donors (Lipinski definition) is 1. The lowest BCUT2D eigenvalue weighted by atomic mass is 9.80. The van der Waals surface area contributed by atoms with Gasteiger partial charge in [-0.15, -0.1) is 0 Å². The molecule has 1 fully saturated rings. The topological polar surface area (TPSA) is 12.0 Å². The first kappa shape index (κ1) is 14.6. The van der Waals surface area contributed by atoms with Crippen LogP contribution in [0.25, 0.3) is 10.8 Å². The Kier molecular flexibility index (Phi) is 4.30. The van der Waals surface area contributed by atoms with Crippen molar-refractivity contribution >= 4 is 10.8 Å². The van der Waals surface area contributed by atoms with Gasteiger partial charge in [-0.1, -0.05) is 50.2 Å². The van der Waals surface area contributed by atoms with Gasteiger partial charge < -0.3 is 5.32 Å². The molecule has 3 unspecified atom stereocenters. The van der Waals surface area contributed by atoms with Gasteiger partial charge in [-0.05, 0) is 60.4 Å². The molecule has 21 heavy (non-hydrogen) atoms. The average molecular weight is 281 g/mol. The smallest absolute Gasteiger partial charge is 0.0294 e. The Morgan fingerprint density at radius 1 is 0.905 bits per heavy atom. The normalized spacial score (nSPS) is 27.7. The average Bonchev–Trinajstić information content (AvgIpc) is 2.45. The zero-order valence-corrected chi connectivity index (χ0v) is 13.5. The molecule has 1 nitrogen and oxygen atoms in total. The van der Waals surface area contributed by atoms with Gasteiger partial charge in [-0.25, -0.2) is 0 Å². The second kappa shape index (κ2) is 6.19. The zero-order valence-electron chi connectivity index (χ0n) is 13.5. The van der Waals surface area contributed by atoms with Crippen molar-refractivity contribution in [3.63, 3.8) is 0 Å². The summed E-state index contributed by atoms with van der Waals surface area (Å²) < 4.78 is 0. The second-order valence-corrected chi connectivity index (χ2v) is 7.11. The molecular weight excluding hydrogens is 254 g/mol. The molecule has 0 amide bonds. The van der Waals surface area contributed by atoms with Gasteiger partial charge in [-0.3, -0.25) is 0 Å². The minimum atomic E-state index is 0.428. The van der Waals surface area contributed by atoms with E-state index in [-0.39, 0.29) is 0 Å². The van der Waals surface area contributed by atoms with Crippen LogP contribution in [0.5, 0.6) is 0 Å². The van der Waals surface area contributed by atoms with Gasteiger partial charge in [-0.2, -0.15) is 0 Å². The standard InChI is InChI=1S/C20H27N/c1-14-10-15(2)12-20(11-14)21-16(3)18-9-8-17-6-4-5-7-19(17)13-18/h4-9,13-16,20-21H,10-12H2,1-3H3. The Labute approximate surface area is 128 Å². The number of benzene rings is 2. The van der Waals surface area contributed by atoms with Crippen molar-refractivity contribution in [3.8, 4) is 0 Å². The largest absolute Gasteiger partial charge is 0.307 e. The first-order valence-corrected chi connectivity index (χ1v) is 8.36. The molecule has 0 aliphatic heterocycles. The molecular formula is C20H27N. The maximum atomic E-state index is 3.86. The zero-order chi connectivity index (χ0) is 14.8. The van der Waals surface area contributed by atoms with E-state index in [2.05, 4.69) is 68.6 Å². The van der Waals surface area contributed by atoms with Gasteiger partial charge in [0.1, 0.15) is 0 Å². The highest BCUT2D eigenvalue weighted by molar-refractivity contribution is 5.83. The lowest BCUT2D eigenvalue weighted by molar-refractivity contribution is 0.228. The lowest BCUT2D eigenvalue weighted by Gasteiger charge is -2.34. The Bertz CT molecular complexity index is 594. The molecule has 1 heteroatoms. The van der Waals surface area contributed by atoms with Crippen LogP contribution >= 0.6 is 0 Å². The van der Waals surface area contributed by atoms with Crippen LogP contribution in [0.1, 0.15) is 51.6 Å². The third-order valence-corrected chi connectivity index (χ3v) is 4.94. The molecule has 0 saturated heterocycles. The van der Waals surface area contributed by atoms with Crippen LogP contribution in [0, 0.1) is 11.8 Å². The summed E-state index contributed by atoms with van der Waals surface area (Å²) in [6.07, 6.45) is 4.03.